The lowest BCUT2D eigenvalue weighted by molar-refractivity contribution is -0.157. The van der Waals surface area contributed by atoms with Gasteiger partial charge in [0.15, 0.2) is 0 Å². The van der Waals surface area contributed by atoms with E-state index in [0.717, 1.165) is 12.8 Å². The van der Waals surface area contributed by atoms with Gasteiger partial charge in [0, 0.05) is 19.7 Å². The molecule has 1 saturated carbocycles. The summed E-state index contributed by atoms with van der Waals surface area (Å²) in [5.41, 5.74) is -0.835. The fourth-order valence-corrected chi connectivity index (χ4v) is 1.59. The Bertz CT molecular complexity index is 252. The Labute approximate surface area is 99.5 Å². The molecule has 0 aromatic heterocycles. The van der Waals surface area contributed by atoms with Gasteiger partial charge in [-0.3, -0.25) is 4.90 Å². The molecule has 1 atom stereocenters. The van der Waals surface area contributed by atoms with Crippen molar-refractivity contribution in [2.24, 2.45) is 0 Å². The van der Waals surface area contributed by atoms with Crippen LogP contribution in [0, 0.1) is 0 Å². The molecular weight excluding hydrogens is 235 g/mol. The van der Waals surface area contributed by atoms with Crippen molar-refractivity contribution in [1.82, 2.24) is 4.90 Å². The van der Waals surface area contributed by atoms with Crippen molar-refractivity contribution in [3.8, 4) is 0 Å². The highest BCUT2D eigenvalue weighted by atomic mass is 19.4. The summed E-state index contributed by atoms with van der Waals surface area (Å²) in [6.07, 6.45) is -3.61. The molecule has 0 heterocycles. The summed E-state index contributed by atoms with van der Waals surface area (Å²) in [5.74, 6) is 0. The fourth-order valence-electron chi connectivity index (χ4n) is 1.59. The summed E-state index contributed by atoms with van der Waals surface area (Å²) in [5, 5.41) is 9.89. The fraction of sp³-hybridized carbons (Fsp3) is 1.00. The number of aliphatic hydroxyl groups excluding tert-OH is 1. The highest BCUT2D eigenvalue weighted by Crippen LogP contribution is 2.31. The molecule has 6 heteroatoms. The lowest BCUT2D eigenvalue weighted by atomic mass is 10.0. The number of aliphatic hydroxyl groups is 1. The minimum Gasteiger partial charge on any atom is -0.389 e. The van der Waals surface area contributed by atoms with E-state index >= 15 is 0 Å². The van der Waals surface area contributed by atoms with E-state index in [9.17, 15) is 18.3 Å². The average Bonchev–Trinajstić information content (AvgIpc) is 2.97. The van der Waals surface area contributed by atoms with Crippen LogP contribution in [-0.2, 0) is 4.74 Å². The van der Waals surface area contributed by atoms with Crippen LogP contribution in [-0.4, -0.2) is 54.1 Å². The van der Waals surface area contributed by atoms with E-state index < -0.39 is 24.4 Å². The van der Waals surface area contributed by atoms with E-state index in [4.69, 9.17) is 4.74 Å². The molecule has 0 aliphatic heterocycles. The van der Waals surface area contributed by atoms with Gasteiger partial charge < -0.3 is 9.84 Å². The molecule has 17 heavy (non-hydrogen) atoms. The van der Waals surface area contributed by atoms with Crippen molar-refractivity contribution >= 4 is 0 Å². The molecule has 1 unspecified atom stereocenters. The molecule has 1 fully saturated rings. The number of alkyl halides is 3. The lowest BCUT2D eigenvalue weighted by Crippen LogP contribution is -2.48. The van der Waals surface area contributed by atoms with Gasteiger partial charge in [-0.1, -0.05) is 0 Å². The normalized spacial score (nSPS) is 19.8. The number of methoxy groups -OCH3 is 1. The van der Waals surface area contributed by atoms with Crippen molar-refractivity contribution in [2.45, 2.75) is 50.6 Å². The molecule has 102 valence electrons. The average molecular weight is 255 g/mol. The summed E-state index contributed by atoms with van der Waals surface area (Å²) < 4.78 is 42.2. The molecule has 1 rings (SSSR count). The molecule has 0 saturated heterocycles. The van der Waals surface area contributed by atoms with Gasteiger partial charge in [0.1, 0.15) is 0 Å². The first-order valence-corrected chi connectivity index (χ1v) is 5.70. The maximum absolute atomic E-state index is 12.4. The first-order chi connectivity index (χ1) is 7.65. The highest BCUT2D eigenvalue weighted by Gasteiger charge is 2.40. The van der Waals surface area contributed by atoms with Crippen LogP contribution in [0.25, 0.3) is 0 Å². The molecule has 0 radical (unpaired) electrons. The molecule has 1 N–H and O–H groups in total. The first-order valence-electron chi connectivity index (χ1n) is 5.70. The van der Waals surface area contributed by atoms with Crippen molar-refractivity contribution in [1.29, 1.82) is 0 Å². The zero-order valence-corrected chi connectivity index (χ0v) is 10.4. The van der Waals surface area contributed by atoms with Crippen molar-refractivity contribution in [3.05, 3.63) is 0 Å². The molecule has 0 spiro atoms. The molecule has 0 amide bonds. The van der Waals surface area contributed by atoms with Crippen molar-refractivity contribution in [2.75, 3.05) is 20.2 Å². The second-order valence-corrected chi connectivity index (χ2v) is 5.10. The van der Waals surface area contributed by atoms with Gasteiger partial charge in [0.25, 0.3) is 0 Å². The van der Waals surface area contributed by atoms with Gasteiger partial charge in [-0.05, 0) is 26.7 Å². The van der Waals surface area contributed by atoms with Crippen LogP contribution < -0.4 is 0 Å². The summed E-state index contributed by atoms with van der Waals surface area (Å²) in [7, 11) is 1.44. The molecular formula is C11H20F3NO2. The third kappa shape index (κ3) is 4.81. The van der Waals surface area contributed by atoms with Gasteiger partial charge >= 0.3 is 6.18 Å². The smallest absolute Gasteiger partial charge is 0.389 e. The Kier molecular flexibility index (Phi) is 4.43. The first kappa shape index (κ1) is 14.7. The van der Waals surface area contributed by atoms with Crippen LogP contribution in [0.3, 0.4) is 0 Å². The summed E-state index contributed by atoms with van der Waals surface area (Å²) in [6, 6.07) is -0.0427. The number of ether oxygens (including phenoxy) is 1. The quantitative estimate of drug-likeness (QED) is 0.785. The summed E-state index contributed by atoms with van der Waals surface area (Å²) >= 11 is 0. The number of rotatable bonds is 6. The summed E-state index contributed by atoms with van der Waals surface area (Å²) in [6.45, 7) is 2.35. The Morgan fingerprint density at radius 1 is 1.35 bits per heavy atom. The maximum atomic E-state index is 12.4. The Morgan fingerprint density at radius 2 is 1.88 bits per heavy atom. The maximum Gasteiger partial charge on any atom is 0.401 e. The molecule has 0 aromatic carbocycles. The second-order valence-electron chi connectivity index (χ2n) is 5.10. The SMILES string of the molecule is COC(C)(C)C(O)CN(CC(F)(F)F)C1CC1. The van der Waals surface area contributed by atoms with Gasteiger partial charge in [-0.2, -0.15) is 13.2 Å². The van der Waals surface area contributed by atoms with E-state index in [-0.39, 0.29) is 12.6 Å². The molecule has 0 aromatic rings. The number of nitrogens with zero attached hydrogens (tertiary/aromatic N) is 1. The lowest BCUT2D eigenvalue weighted by Gasteiger charge is -2.33. The standard InChI is InChI=1S/C11H20F3NO2/c1-10(2,17-3)9(16)6-15(8-4-5-8)7-11(12,13)14/h8-9,16H,4-7H2,1-3H3. The number of hydrogen-bond acceptors (Lipinski definition) is 3. The van der Waals surface area contributed by atoms with E-state index in [1.165, 1.54) is 12.0 Å². The van der Waals surface area contributed by atoms with Crippen LogP contribution in [0.2, 0.25) is 0 Å². The van der Waals surface area contributed by atoms with E-state index in [1.807, 2.05) is 0 Å². The monoisotopic (exact) mass is 255 g/mol. The number of halogens is 3. The Hall–Kier alpha value is -0.330. The zero-order valence-electron chi connectivity index (χ0n) is 10.4. The Morgan fingerprint density at radius 3 is 2.24 bits per heavy atom. The predicted octanol–water partition coefficient (Wildman–Crippen LogP) is 1.80. The van der Waals surface area contributed by atoms with E-state index in [1.54, 1.807) is 13.8 Å². The highest BCUT2D eigenvalue weighted by molar-refractivity contribution is 4.90. The minimum absolute atomic E-state index is 0.00891. The number of hydrogen-bond donors (Lipinski definition) is 1. The zero-order chi connectivity index (χ0) is 13.3. The molecule has 0 bridgehead atoms. The topological polar surface area (TPSA) is 32.7 Å². The van der Waals surface area contributed by atoms with Crippen LogP contribution in [0.4, 0.5) is 13.2 Å². The third-order valence-electron chi connectivity index (χ3n) is 3.18. The third-order valence-corrected chi connectivity index (χ3v) is 3.18. The molecule has 1 aliphatic carbocycles. The van der Waals surface area contributed by atoms with E-state index in [2.05, 4.69) is 0 Å². The summed E-state index contributed by atoms with van der Waals surface area (Å²) in [4.78, 5) is 1.30. The molecule has 3 nitrogen and oxygen atoms in total. The predicted molar refractivity (Wildman–Crippen MR) is 57.7 cm³/mol. The minimum atomic E-state index is -4.22. The Balaban J connectivity index is 2.55. The van der Waals surface area contributed by atoms with Gasteiger partial charge in [0.05, 0.1) is 18.2 Å². The van der Waals surface area contributed by atoms with Gasteiger partial charge in [-0.25, -0.2) is 0 Å². The van der Waals surface area contributed by atoms with Gasteiger partial charge in [0.2, 0.25) is 0 Å². The molecule has 1 aliphatic rings. The second kappa shape index (κ2) is 5.12. The van der Waals surface area contributed by atoms with Crippen LogP contribution in [0.1, 0.15) is 26.7 Å². The van der Waals surface area contributed by atoms with Crippen molar-refractivity contribution < 1.29 is 23.0 Å². The van der Waals surface area contributed by atoms with E-state index in [0.29, 0.717) is 0 Å². The largest absolute Gasteiger partial charge is 0.401 e. The van der Waals surface area contributed by atoms with Crippen LogP contribution >= 0.6 is 0 Å². The van der Waals surface area contributed by atoms with Crippen LogP contribution in [0.15, 0.2) is 0 Å². The van der Waals surface area contributed by atoms with Crippen molar-refractivity contribution in [3.63, 3.8) is 0 Å². The van der Waals surface area contributed by atoms with Gasteiger partial charge in [-0.15, -0.1) is 0 Å². The van der Waals surface area contributed by atoms with Crippen LogP contribution in [0.5, 0.6) is 0 Å².